The number of rotatable bonds is 3. The van der Waals surface area contributed by atoms with E-state index in [4.69, 9.17) is 5.11 Å². The minimum atomic E-state index is -0.938. The maximum atomic E-state index is 11.0. The zero-order valence-electron chi connectivity index (χ0n) is 10.5. The first-order chi connectivity index (χ1) is 9.74. The average Bonchev–Trinajstić information content (AvgIpc) is 2.98. The Morgan fingerprint density at radius 2 is 2.00 bits per heavy atom. The van der Waals surface area contributed by atoms with Gasteiger partial charge in [-0.15, -0.1) is 0 Å². The molecule has 0 aliphatic heterocycles. The van der Waals surface area contributed by atoms with E-state index < -0.39 is 5.97 Å². The van der Waals surface area contributed by atoms with Crippen LogP contribution in [0.25, 0.3) is 16.8 Å². The highest BCUT2D eigenvalue weighted by molar-refractivity contribution is 5.89. The lowest BCUT2D eigenvalue weighted by molar-refractivity contribution is 0.0697. The van der Waals surface area contributed by atoms with Gasteiger partial charge >= 0.3 is 5.97 Å². The molecule has 0 bridgehead atoms. The second-order valence-corrected chi connectivity index (χ2v) is 4.27. The Morgan fingerprint density at radius 3 is 2.75 bits per heavy atom. The van der Waals surface area contributed by atoms with E-state index in [1.807, 2.05) is 24.4 Å². The molecule has 0 atom stereocenters. The molecular formula is C15H11N3O2. The molecule has 98 valence electrons. The lowest BCUT2D eigenvalue weighted by atomic mass is 10.1. The smallest absolute Gasteiger partial charge is 0.335 e. The van der Waals surface area contributed by atoms with Crippen LogP contribution in [0.2, 0.25) is 0 Å². The molecule has 0 saturated heterocycles. The fourth-order valence-electron chi connectivity index (χ4n) is 1.93. The maximum Gasteiger partial charge on any atom is 0.335 e. The average molecular weight is 265 g/mol. The van der Waals surface area contributed by atoms with Crippen LogP contribution in [0.5, 0.6) is 0 Å². The predicted molar refractivity (Wildman–Crippen MR) is 73.8 cm³/mol. The van der Waals surface area contributed by atoms with Crippen molar-refractivity contribution in [2.24, 2.45) is 0 Å². The first kappa shape index (κ1) is 12.1. The van der Waals surface area contributed by atoms with Crippen molar-refractivity contribution in [2.75, 3.05) is 0 Å². The molecule has 5 heteroatoms. The van der Waals surface area contributed by atoms with Crippen LogP contribution in [0, 0.1) is 0 Å². The quantitative estimate of drug-likeness (QED) is 0.790. The lowest BCUT2D eigenvalue weighted by Gasteiger charge is -2.00. The highest BCUT2D eigenvalue weighted by Crippen LogP contribution is 2.21. The van der Waals surface area contributed by atoms with Crippen molar-refractivity contribution in [3.63, 3.8) is 0 Å². The number of hydrogen-bond donors (Lipinski definition) is 1. The van der Waals surface area contributed by atoms with Gasteiger partial charge < -0.3 is 5.11 Å². The van der Waals surface area contributed by atoms with Crippen LogP contribution in [-0.4, -0.2) is 25.8 Å². The third-order valence-corrected chi connectivity index (χ3v) is 2.94. The van der Waals surface area contributed by atoms with E-state index in [9.17, 15) is 4.79 Å². The second kappa shape index (κ2) is 4.97. The summed E-state index contributed by atoms with van der Waals surface area (Å²) in [5.74, 6) is -0.938. The molecule has 2 aromatic heterocycles. The lowest BCUT2D eigenvalue weighted by Crippen LogP contribution is -1.95. The topological polar surface area (TPSA) is 68.0 Å². The van der Waals surface area contributed by atoms with Gasteiger partial charge in [0.1, 0.15) is 0 Å². The molecule has 0 radical (unpaired) electrons. The Morgan fingerprint density at radius 1 is 1.10 bits per heavy atom. The van der Waals surface area contributed by atoms with Gasteiger partial charge in [-0.1, -0.05) is 12.1 Å². The van der Waals surface area contributed by atoms with Gasteiger partial charge in [0.2, 0.25) is 0 Å². The van der Waals surface area contributed by atoms with Crippen LogP contribution < -0.4 is 0 Å². The van der Waals surface area contributed by atoms with Crippen LogP contribution in [-0.2, 0) is 0 Å². The molecule has 0 spiro atoms. The summed E-state index contributed by atoms with van der Waals surface area (Å²) in [7, 11) is 0. The number of carboxylic acids is 1. The standard InChI is InChI=1S/C15H11N3O2/c19-15(20)12-4-1-3-11(7-12)13-8-17-18(10-13)14-5-2-6-16-9-14/h1-10H,(H,19,20). The first-order valence-electron chi connectivity index (χ1n) is 6.03. The van der Waals surface area contributed by atoms with Crippen molar-refractivity contribution < 1.29 is 9.90 Å². The zero-order chi connectivity index (χ0) is 13.9. The van der Waals surface area contributed by atoms with Crippen molar-refractivity contribution in [3.05, 3.63) is 66.7 Å². The van der Waals surface area contributed by atoms with Gasteiger partial charge in [0.05, 0.1) is 23.6 Å². The van der Waals surface area contributed by atoms with Crippen molar-refractivity contribution in [3.8, 4) is 16.8 Å². The highest BCUT2D eigenvalue weighted by Gasteiger charge is 2.07. The van der Waals surface area contributed by atoms with Crippen molar-refractivity contribution in [1.82, 2.24) is 14.8 Å². The third-order valence-electron chi connectivity index (χ3n) is 2.94. The summed E-state index contributed by atoms with van der Waals surface area (Å²) >= 11 is 0. The summed E-state index contributed by atoms with van der Waals surface area (Å²) in [5, 5.41) is 13.3. The fraction of sp³-hybridized carbons (Fsp3) is 0. The molecule has 5 nitrogen and oxygen atoms in total. The van der Waals surface area contributed by atoms with Crippen LogP contribution in [0.1, 0.15) is 10.4 Å². The number of nitrogens with zero attached hydrogens (tertiary/aromatic N) is 3. The number of benzene rings is 1. The SMILES string of the molecule is O=C(O)c1cccc(-c2cnn(-c3cccnc3)c2)c1. The van der Waals surface area contributed by atoms with E-state index in [2.05, 4.69) is 10.1 Å². The van der Waals surface area contributed by atoms with Gasteiger partial charge in [-0.05, 0) is 29.8 Å². The second-order valence-electron chi connectivity index (χ2n) is 4.27. The Balaban J connectivity index is 1.98. The molecule has 0 unspecified atom stereocenters. The van der Waals surface area contributed by atoms with Crippen molar-refractivity contribution >= 4 is 5.97 Å². The Kier molecular flexibility index (Phi) is 3.01. The molecule has 0 aliphatic rings. The van der Waals surface area contributed by atoms with E-state index in [0.717, 1.165) is 16.8 Å². The molecule has 20 heavy (non-hydrogen) atoms. The monoisotopic (exact) mass is 265 g/mol. The molecular weight excluding hydrogens is 254 g/mol. The number of aromatic nitrogens is 3. The number of aromatic carboxylic acids is 1. The van der Waals surface area contributed by atoms with Gasteiger partial charge in [-0.25, -0.2) is 9.48 Å². The molecule has 3 aromatic rings. The van der Waals surface area contributed by atoms with Crippen LogP contribution in [0.15, 0.2) is 61.2 Å². The van der Waals surface area contributed by atoms with Gasteiger partial charge in [-0.2, -0.15) is 5.10 Å². The summed E-state index contributed by atoms with van der Waals surface area (Å²) in [6.07, 6.45) is 6.96. The molecule has 0 saturated carbocycles. The molecule has 1 N–H and O–H groups in total. The van der Waals surface area contributed by atoms with Gasteiger partial charge in [-0.3, -0.25) is 4.98 Å². The van der Waals surface area contributed by atoms with E-state index in [1.54, 1.807) is 41.5 Å². The Labute approximate surface area is 115 Å². The summed E-state index contributed by atoms with van der Waals surface area (Å²) in [5.41, 5.74) is 2.79. The maximum absolute atomic E-state index is 11.0. The zero-order valence-corrected chi connectivity index (χ0v) is 10.5. The largest absolute Gasteiger partial charge is 0.478 e. The van der Waals surface area contributed by atoms with Crippen molar-refractivity contribution in [1.29, 1.82) is 0 Å². The minimum Gasteiger partial charge on any atom is -0.478 e. The fourth-order valence-corrected chi connectivity index (χ4v) is 1.93. The summed E-state index contributed by atoms with van der Waals surface area (Å²) in [6, 6.07) is 10.5. The molecule has 2 heterocycles. The molecule has 1 aromatic carbocycles. The van der Waals surface area contributed by atoms with Gasteiger partial charge in [0.25, 0.3) is 0 Å². The highest BCUT2D eigenvalue weighted by atomic mass is 16.4. The number of hydrogen-bond acceptors (Lipinski definition) is 3. The minimum absolute atomic E-state index is 0.261. The normalized spacial score (nSPS) is 10.4. The van der Waals surface area contributed by atoms with Crippen LogP contribution in [0.3, 0.4) is 0 Å². The van der Waals surface area contributed by atoms with Crippen LogP contribution in [0.4, 0.5) is 0 Å². The van der Waals surface area contributed by atoms with E-state index in [0.29, 0.717) is 0 Å². The van der Waals surface area contributed by atoms with Gasteiger partial charge in [0.15, 0.2) is 0 Å². The van der Waals surface area contributed by atoms with E-state index in [-0.39, 0.29) is 5.56 Å². The predicted octanol–water partition coefficient (Wildman–Crippen LogP) is 2.63. The summed E-state index contributed by atoms with van der Waals surface area (Å²) in [4.78, 5) is 15.0. The summed E-state index contributed by atoms with van der Waals surface area (Å²) in [6.45, 7) is 0. The molecule has 0 fully saturated rings. The summed E-state index contributed by atoms with van der Waals surface area (Å²) < 4.78 is 1.70. The first-order valence-corrected chi connectivity index (χ1v) is 6.03. The molecule has 0 amide bonds. The van der Waals surface area contributed by atoms with Crippen molar-refractivity contribution in [2.45, 2.75) is 0 Å². The number of pyridine rings is 1. The number of carbonyl (C=O) groups is 1. The van der Waals surface area contributed by atoms with Gasteiger partial charge in [0, 0.05) is 18.0 Å². The Bertz CT molecular complexity index is 751. The molecule has 3 rings (SSSR count). The van der Waals surface area contributed by atoms with E-state index >= 15 is 0 Å². The van der Waals surface area contributed by atoms with E-state index in [1.165, 1.54) is 0 Å². The third kappa shape index (κ3) is 2.29. The molecule has 0 aliphatic carbocycles. The van der Waals surface area contributed by atoms with Crippen LogP contribution >= 0.6 is 0 Å². The Hall–Kier alpha value is -2.95. The number of carboxylic acid groups (broad SMARTS) is 1.